The summed E-state index contributed by atoms with van der Waals surface area (Å²) in [6, 6.07) is 5.77. The Hall–Kier alpha value is -1.75. The van der Waals surface area contributed by atoms with Gasteiger partial charge in [0.2, 0.25) is 5.91 Å². The van der Waals surface area contributed by atoms with E-state index in [9.17, 15) is 4.79 Å². The number of amides is 1. The lowest BCUT2D eigenvalue weighted by atomic mass is 9.95. The van der Waals surface area contributed by atoms with Crippen LogP contribution in [0.4, 0.5) is 0 Å². The minimum atomic E-state index is -0.101. The van der Waals surface area contributed by atoms with Crippen molar-refractivity contribution in [1.29, 1.82) is 0 Å². The summed E-state index contributed by atoms with van der Waals surface area (Å²) in [6.45, 7) is 4.40. The van der Waals surface area contributed by atoms with Gasteiger partial charge in [-0.05, 0) is 25.0 Å². The molecule has 2 aliphatic rings. The summed E-state index contributed by atoms with van der Waals surface area (Å²) in [7, 11) is 1.64. The SMILES string of the molecule is COc1ccc2c(c1)OC[C@@H](C(=O)N1CCO[C@@H](C)C1)C2. The number of hydrogen-bond acceptors (Lipinski definition) is 4. The van der Waals surface area contributed by atoms with Crippen molar-refractivity contribution in [2.45, 2.75) is 19.4 Å². The topological polar surface area (TPSA) is 48.0 Å². The highest BCUT2D eigenvalue weighted by Crippen LogP contribution is 2.31. The molecular weight excluding hydrogens is 270 g/mol. The van der Waals surface area contributed by atoms with E-state index in [1.165, 1.54) is 0 Å². The van der Waals surface area contributed by atoms with Crippen molar-refractivity contribution in [1.82, 2.24) is 4.90 Å². The Morgan fingerprint density at radius 3 is 3.05 bits per heavy atom. The number of methoxy groups -OCH3 is 1. The molecule has 21 heavy (non-hydrogen) atoms. The standard InChI is InChI=1S/C16H21NO4/c1-11-9-17(5-6-20-11)16(18)13-7-12-3-4-14(19-2)8-15(12)21-10-13/h3-4,8,11,13H,5-7,9-10H2,1-2H3/t11-,13-/m0/s1. The maximum atomic E-state index is 12.6. The van der Waals surface area contributed by atoms with Gasteiger partial charge in [0, 0.05) is 19.2 Å². The molecule has 1 fully saturated rings. The van der Waals surface area contributed by atoms with Crippen molar-refractivity contribution in [3.8, 4) is 11.5 Å². The third kappa shape index (κ3) is 2.97. The minimum absolute atomic E-state index is 0.101. The molecule has 0 bridgehead atoms. The van der Waals surface area contributed by atoms with E-state index < -0.39 is 0 Å². The Kier molecular flexibility index (Phi) is 4.01. The fraction of sp³-hybridized carbons (Fsp3) is 0.562. The lowest BCUT2D eigenvalue weighted by Gasteiger charge is -2.35. The highest BCUT2D eigenvalue weighted by molar-refractivity contribution is 5.80. The van der Waals surface area contributed by atoms with Crippen LogP contribution in [0.15, 0.2) is 18.2 Å². The molecule has 0 saturated carbocycles. The second kappa shape index (κ2) is 5.93. The van der Waals surface area contributed by atoms with E-state index in [0.29, 0.717) is 26.3 Å². The number of rotatable bonds is 2. The quantitative estimate of drug-likeness (QED) is 0.828. The van der Waals surface area contributed by atoms with Crippen molar-refractivity contribution < 1.29 is 19.0 Å². The molecule has 3 rings (SSSR count). The average molecular weight is 291 g/mol. The summed E-state index contributed by atoms with van der Waals surface area (Å²) >= 11 is 0. The first-order valence-electron chi connectivity index (χ1n) is 7.37. The van der Waals surface area contributed by atoms with Crippen LogP contribution in [0.25, 0.3) is 0 Å². The zero-order valence-electron chi connectivity index (χ0n) is 12.5. The molecule has 1 amide bonds. The first-order valence-corrected chi connectivity index (χ1v) is 7.37. The Morgan fingerprint density at radius 2 is 2.29 bits per heavy atom. The zero-order valence-corrected chi connectivity index (χ0v) is 12.5. The minimum Gasteiger partial charge on any atom is -0.497 e. The third-order valence-corrected chi connectivity index (χ3v) is 4.08. The molecule has 5 heteroatoms. The maximum absolute atomic E-state index is 12.6. The monoisotopic (exact) mass is 291 g/mol. The average Bonchev–Trinajstić information content (AvgIpc) is 2.53. The lowest BCUT2D eigenvalue weighted by molar-refractivity contribution is -0.143. The fourth-order valence-electron chi connectivity index (χ4n) is 2.91. The number of nitrogens with zero attached hydrogens (tertiary/aromatic N) is 1. The number of morpholine rings is 1. The van der Waals surface area contributed by atoms with Crippen molar-refractivity contribution in [3.05, 3.63) is 23.8 Å². The lowest BCUT2D eigenvalue weighted by Crippen LogP contribution is -2.48. The van der Waals surface area contributed by atoms with Gasteiger partial charge in [0.1, 0.15) is 18.1 Å². The van der Waals surface area contributed by atoms with Crippen LogP contribution in [0, 0.1) is 5.92 Å². The molecule has 1 aromatic carbocycles. The molecule has 0 unspecified atom stereocenters. The highest BCUT2D eigenvalue weighted by Gasteiger charge is 2.31. The van der Waals surface area contributed by atoms with Crippen molar-refractivity contribution in [2.75, 3.05) is 33.4 Å². The van der Waals surface area contributed by atoms with Crippen molar-refractivity contribution >= 4 is 5.91 Å². The van der Waals surface area contributed by atoms with Crippen LogP contribution >= 0.6 is 0 Å². The molecule has 0 spiro atoms. The summed E-state index contributed by atoms with van der Waals surface area (Å²) in [5, 5.41) is 0. The number of hydrogen-bond donors (Lipinski definition) is 0. The van der Waals surface area contributed by atoms with E-state index in [1.807, 2.05) is 30.0 Å². The summed E-state index contributed by atoms with van der Waals surface area (Å²) in [5.74, 6) is 1.68. The van der Waals surface area contributed by atoms with Crippen molar-refractivity contribution in [2.24, 2.45) is 5.92 Å². The van der Waals surface area contributed by atoms with Crippen LogP contribution < -0.4 is 9.47 Å². The summed E-state index contributed by atoms with van der Waals surface area (Å²) in [6.07, 6.45) is 0.841. The first-order chi connectivity index (χ1) is 10.2. The van der Waals surface area contributed by atoms with Gasteiger partial charge in [-0.1, -0.05) is 6.07 Å². The normalized spacial score (nSPS) is 25.0. The van der Waals surface area contributed by atoms with Crippen LogP contribution in [0.3, 0.4) is 0 Å². The Morgan fingerprint density at radius 1 is 1.43 bits per heavy atom. The van der Waals surface area contributed by atoms with Gasteiger partial charge in [-0.25, -0.2) is 0 Å². The number of ether oxygens (including phenoxy) is 3. The number of carbonyl (C=O) groups excluding carboxylic acids is 1. The molecular formula is C16H21NO4. The number of carbonyl (C=O) groups is 1. The second-order valence-electron chi connectivity index (χ2n) is 5.65. The van der Waals surface area contributed by atoms with E-state index in [-0.39, 0.29) is 17.9 Å². The molecule has 2 heterocycles. The van der Waals surface area contributed by atoms with Gasteiger partial charge in [0.05, 0.1) is 25.7 Å². The van der Waals surface area contributed by atoms with E-state index >= 15 is 0 Å². The molecule has 2 atom stereocenters. The summed E-state index contributed by atoms with van der Waals surface area (Å²) in [5.41, 5.74) is 1.07. The van der Waals surface area contributed by atoms with Crippen LogP contribution in [-0.2, 0) is 16.0 Å². The summed E-state index contributed by atoms with van der Waals surface area (Å²) < 4.78 is 16.4. The van der Waals surface area contributed by atoms with Gasteiger partial charge in [-0.15, -0.1) is 0 Å². The predicted molar refractivity (Wildman–Crippen MR) is 77.7 cm³/mol. The Bertz CT molecular complexity index is 531. The number of fused-ring (bicyclic) bond motifs is 1. The third-order valence-electron chi connectivity index (χ3n) is 4.08. The largest absolute Gasteiger partial charge is 0.497 e. The molecule has 5 nitrogen and oxygen atoms in total. The van der Waals surface area contributed by atoms with Gasteiger partial charge in [-0.3, -0.25) is 4.79 Å². The van der Waals surface area contributed by atoms with Gasteiger partial charge in [-0.2, -0.15) is 0 Å². The highest BCUT2D eigenvalue weighted by atomic mass is 16.5. The molecule has 1 aromatic rings. The maximum Gasteiger partial charge on any atom is 0.229 e. The zero-order chi connectivity index (χ0) is 14.8. The molecule has 0 N–H and O–H groups in total. The molecule has 0 aromatic heterocycles. The summed E-state index contributed by atoms with van der Waals surface area (Å²) in [4.78, 5) is 14.5. The first kappa shape index (κ1) is 14.2. The van der Waals surface area contributed by atoms with E-state index in [0.717, 1.165) is 23.5 Å². The van der Waals surface area contributed by atoms with Gasteiger partial charge in [0.25, 0.3) is 0 Å². The molecule has 114 valence electrons. The van der Waals surface area contributed by atoms with E-state index in [1.54, 1.807) is 7.11 Å². The van der Waals surface area contributed by atoms with Gasteiger partial charge >= 0.3 is 0 Å². The van der Waals surface area contributed by atoms with Crippen LogP contribution in [-0.4, -0.2) is 50.3 Å². The fourth-order valence-corrected chi connectivity index (χ4v) is 2.91. The van der Waals surface area contributed by atoms with Gasteiger partial charge in [0.15, 0.2) is 0 Å². The van der Waals surface area contributed by atoms with E-state index in [4.69, 9.17) is 14.2 Å². The van der Waals surface area contributed by atoms with Crippen LogP contribution in [0.2, 0.25) is 0 Å². The molecule has 0 radical (unpaired) electrons. The Balaban J connectivity index is 1.69. The molecule has 2 aliphatic heterocycles. The van der Waals surface area contributed by atoms with Crippen molar-refractivity contribution in [3.63, 3.8) is 0 Å². The van der Waals surface area contributed by atoms with Gasteiger partial charge < -0.3 is 19.1 Å². The predicted octanol–water partition coefficient (Wildman–Crippen LogP) is 1.49. The molecule has 1 saturated heterocycles. The van der Waals surface area contributed by atoms with E-state index in [2.05, 4.69) is 0 Å². The smallest absolute Gasteiger partial charge is 0.229 e. The Labute approximate surface area is 124 Å². The van der Waals surface area contributed by atoms with Crippen LogP contribution in [0.5, 0.6) is 11.5 Å². The second-order valence-corrected chi connectivity index (χ2v) is 5.65. The van der Waals surface area contributed by atoms with Crippen LogP contribution in [0.1, 0.15) is 12.5 Å². The molecule has 0 aliphatic carbocycles. The number of benzene rings is 1.